The molecular formula is C44H55N9O9. The monoisotopic (exact) mass is 853 g/mol. The van der Waals surface area contributed by atoms with E-state index in [0.29, 0.717) is 29.8 Å². The maximum Gasteiger partial charge on any atom is 0.329 e. The lowest BCUT2D eigenvalue weighted by Gasteiger charge is -2.38. The summed E-state index contributed by atoms with van der Waals surface area (Å²) in [7, 11) is 3.44. The highest BCUT2D eigenvalue weighted by molar-refractivity contribution is 6.01. The molecule has 4 aromatic rings. The predicted molar refractivity (Wildman–Crippen MR) is 230 cm³/mol. The molecule has 0 bridgehead atoms. The normalized spacial score (nSPS) is 22.4. The number of carbonyl (C=O) groups excluding carboxylic acids is 5. The zero-order valence-electron chi connectivity index (χ0n) is 35.3. The molecule has 0 spiro atoms. The Labute approximate surface area is 357 Å². The highest BCUT2D eigenvalue weighted by Gasteiger charge is 2.35. The molecule has 2 aromatic heterocycles. The Morgan fingerprint density at radius 3 is 1.52 bits per heavy atom. The van der Waals surface area contributed by atoms with Crippen LogP contribution in [-0.4, -0.2) is 110 Å². The van der Waals surface area contributed by atoms with Crippen LogP contribution in [0.25, 0.3) is 22.1 Å². The van der Waals surface area contributed by atoms with Crippen LogP contribution in [-0.2, 0) is 42.9 Å². The first-order valence-corrected chi connectivity index (χ1v) is 21.8. The van der Waals surface area contributed by atoms with E-state index in [1.807, 2.05) is 36.4 Å². The number of rotatable bonds is 8. The van der Waals surface area contributed by atoms with Crippen molar-refractivity contribution < 1.29 is 33.9 Å². The molecule has 18 nitrogen and oxygen atoms in total. The van der Waals surface area contributed by atoms with Gasteiger partial charge in [-0.2, -0.15) is 0 Å². The second-order valence-electron chi connectivity index (χ2n) is 17.5. The van der Waals surface area contributed by atoms with Gasteiger partial charge in [0, 0.05) is 65.6 Å². The average Bonchev–Trinajstić information content (AvgIpc) is 3.68. The summed E-state index contributed by atoms with van der Waals surface area (Å²) < 4.78 is 6.22. The minimum atomic E-state index is -0.685. The quantitative estimate of drug-likeness (QED) is 0.172. The van der Waals surface area contributed by atoms with Crippen LogP contribution in [0, 0.1) is 17.8 Å². The van der Waals surface area contributed by atoms with E-state index in [0.717, 1.165) is 113 Å². The smallest absolute Gasteiger partial charge is 0.329 e. The number of carboxylic acids is 1. The lowest BCUT2D eigenvalue weighted by Crippen LogP contribution is -2.44. The number of aromatic nitrogens is 4. The number of aryl methyl sites for hydroxylation is 2. The number of nitrogens with zero attached hydrogens (tertiary/aromatic N) is 7. The third-order valence-corrected chi connectivity index (χ3v) is 13.7. The van der Waals surface area contributed by atoms with E-state index in [1.165, 1.54) is 9.13 Å². The SMILES string of the molecule is Cn1c(=O)n(C2CCC(=O)NC2=O)c2cccc(N3CCC(C=O)CC3)c21.Cn1c(=O)n(C2CCC(=O)NC2=O)c2cccc(N3CCC(CN4CCC(C(=O)O)CC4)CC3)c21. The molecular weight excluding hydrogens is 799 g/mol. The molecule has 2 aromatic carbocycles. The number of piperidine rings is 5. The maximum atomic E-state index is 13.2. The first kappa shape index (κ1) is 42.6. The summed E-state index contributed by atoms with van der Waals surface area (Å²) in [5.74, 6) is -1.66. The highest BCUT2D eigenvalue weighted by atomic mass is 16.4. The van der Waals surface area contributed by atoms with Crippen molar-refractivity contribution in [1.29, 1.82) is 0 Å². The molecule has 2 atom stereocenters. The Morgan fingerprint density at radius 1 is 0.645 bits per heavy atom. The number of imide groups is 2. The molecule has 3 N–H and O–H groups in total. The maximum absolute atomic E-state index is 13.2. The van der Waals surface area contributed by atoms with Gasteiger partial charge < -0.3 is 24.6 Å². The minimum Gasteiger partial charge on any atom is -0.481 e. The Hall–Kier alpha value is -6.04. The number of amides is 4. The zero-order chi connectivity index (χ0) is 43.8. The average molecular weight is 854 g/mol. The van der Waals surface area contributed by atoms with Crippen LogP contribution in [0.4, 0.5) is 11.4 Å². The van der Waals surface area contributed by atoms with Crippen molar-refractivity contribution in [3.05, 3.63) is 57.4 Å². The Balaban J connectivity index is 0.000000176. The zero-order valence-corrected chi connectivity index (χ0v) is 35.3. The molecule has 9 rings (SSSR count). The van der Waals surface area contributed by atoms with Gasteiger partial charge in [0.25, 0.3) is 0 Å². The molecule has 5 fully saturated rings. The number of nitrogens with one attached hydrogen (secondary N) is 2. The van der Waals surface area contributed by atoms with Gasteiger partial charge in [-0.3, -0.25) is 52.9 Å². The summed E-state index contributed by atoms with van der Waals surface area (Å²) in [4.78, 5) is 103. The number of likely N-dealkylation sites (tertiary alicyclic amines) is 1. The van der Waals surface area contributed by atoms with Gasteiger partial charge in [0.05, 0.1) is 39.4 Å². The predicted octanol–water partition coefficient (Wildman–Crippen LogP) is 2.06. The molecule has 5 saturated heterocycles. The number of imidazole rings is 2. The molecule has 330 valence electrons. The standard InChI is InChI=1S/C25H33N5O5.C19H22N4O4/c1-27-22-18(3-2-4-19(22)30(25(27)35)20-5-6-21(31)26-23(20)32)29-13-7-16(8-14-29)15-28-11-9-17(10-12-28)24(33)34;1-21-17-13(22-9-7-12(11-24)8-10-22)3-2-4-14(17)23(19(21)27)15-5-6-16(25)20-18(15)26/h2-4,16-17,20H,5-15H2,1H3,(H,33,34)(H,26,31,32);2-4,11-12,15H,5-10H2,1H3,(H,20,25,26). The van der Waals surface area contributed by atoms with Gasteiger partial charge in [-0.05, 0) is 94.6 Å². The van der Waals surface area contributed by atoms with Gasteiger partial charge in [-0.25, -0.2) is 9.59 Å². The van der Waals surface area contributed by atoms with E-state index in [-0.39, 0.29) is 47.9 Å². The summed E-state index contributed by atoms with van der Waals surface area (Å²) in [5, 5.41) is 13.9. The molecule has 5 aliphatic heterocycles. The van der Waals surface area contributed by atoms with Crippen LogP contribution in [0.5, 0.6) is 0 Å². The lowest BCUT2D eigenvalue weighted by atomic mass is 9.92. The van der Waals surface area contributed by atoms with Crippen molar-refractivity contribution in [1.82, 2.24) is 33.8 Å². The summed E-state index contributed by atoms with van der Waals surface area (Å²) in [6.45, 7) is 5.98. The topological polar surface area (TPSA) is 210 Å². The second-order valence-corrected chi connectivity index (χ2v) is 17.5. The molecule has 0 aliphatic carbocycles. The Kier molecular flexibility index (Phi) is 12.2. The molecule has 18 heteroatoms. The van der Waals surface area contributed by atoms with Crippen LogP contribution in [0.15, 0.2) is 46.0 Å². The summed E-state index contributed by atoms with van der Waals surface area (Å²) >= 11 is 0. The van der Waals surface area contributed by atoms with Crippen molar-refractivity contribution in [2.24, 2.45) is 31.8 Å². The van der Waals surface area contributed by atoms with E-state index in [1.54, 1.807) is 23.2 Å². The van der Waals surface area contributed by atoms with E-state index in [4.69, 9.17) is 0 Å². The largest absolute Gasteiger partial charge is 0.481 e. The number of hydrogen-bond donors (Lipinski definition) is 3. The Bertz CT molecular complexity index is 2530. The molecule has 0 saturated carbocycles. The second kappa shape index (κ2) is 17.7. The summed E-state index contributed by atoms with van der Waals surface area (Å²) in [6.07, 6.45) is 7.23. The van der Waals surface area contributed by atoms with Gasteiger partial charge >= 0.3 is 17.3 Å². The summed E-state index contributed by atoms with van der Waals surface area (Å²) in [5.41, 5.74) is 4.40. The van der Waals surface area contributed by atoms with Crippen molar-refractivity contribution in [2.45, 2.75) is 76.3 Å². The number of aliphatic carboxylic acids is 1. The van der Waals surface area contributed by atoms with Gasteiger partial charge in [0.2, 0.25) is 23.6 Å². The number of aldehydes is 1. The molecule has 7 heterocycles. The molecule has 2 unspecified atom stereocenters. The van der Waals surface area contributed by atoms with Crippen molar-refractivity contribution in [3.63, 3.8) is 0 Å². The van der Waals surface area contributed by atoms with E-state index >= 15 is 0 Å². The van der Waals surface area contributed by atoms with Crippen LogP contribution < -0.4 is 31.8 Å². The number of para-hydroxylation sites is 2. The van der Waals surface area contributed by atoms with Crippen LogP contribution in [0.2, 0.25) is 0 Å². The third-order valence-electron chi connectivity index (χ3n) is 13.7. The first-order valence-electron chi connectivity index (χ1n) is 21.8. The van der Waals surface area contributed by atoms with E-state index in [2.05, 4.69) is 25.3 Å². The van der Waals surface area contributed by atoms with Crippen molar-refractivity contribution in [3.8, 4) is 0 Å². The number of benzene rings is 2. The van der Waals surface area contributed by atoms with Crippen molar-refractivity contribution >= 4 is 69.3 Å². The third kappa shape index (κ3) is 8.19. The van der Waals surface area contributed by atoms with E-state index < -0.39 is 29.9 Å². The van der Waals surface area contributed by atoms with Crippen LogP contribution >= 0.6 is 0 Å². The fraction of sp³-hybridized carbons (Fsp3) is 0.545. The van der Waals surface area contributed by atoms with Crippen LogP contribution in [0.1, 0.15) is 76.3 Å². The minimum absolute atomic E-state index is 0.0948. The number of fused-ring (bicyclic) bond motifs is 2. The van der Waals surface area contributed by atoms with Gasteiger partial charge in [-0.1, -0.05) is 12.1 Å². The van der Waals surface area contributed by atoms with Gasteiger partial charge in [0.15, 0.2) is 0 Å². The van der Waals surface area contributed by atoms with Gasteiger partial charge in [-0.15, -0.1) is 0 Å². The number of hydrogen-bond acceptors (Lipinski definition) is 11. The first-order chi connectivity index (χ1) is 29.8. The lowest BCUT2D eigenvalue weighted by molar-refractivity contribution is -0.143. The number of carbonyl (C=O) groups is 6. The fourth-order valence-corrected chi connectivity index (χ4v) is 10.2. The number of carboxylic acid groups (broad SMARTS) is 1. The van der Waals surface area contributed by atoms with E-state index in [9.17, 15) is 43.5 Å². The number of anilines is 2. The van der Waals surface area contributed by atoms with Crippen molar-refractivity contribution in [2.75, 3.05) is 55.6 Å². The molecule has 5 aliphatic rings. The fourth-order valence-electron chi connectivity index (χ4n) is 10.2. The summed E-state index contributed by atoms with van der Waals surface area (Å²) in [6, 6.07) is 10.2. The molecule has 0 radical (unpaired) electrons. The highest BCUT2D eigenvalue weighted by Crippen LogP contribution is 2.34. The molecule has 4 amide bonds. The van der Waals surface area contributed by atoms with Gasteiger partial charge in [0.1, 0.15) is 18.4 Å². The molecule has 62 heavy (non-hydrogen) atoms. The Morgan fingerprint density at radius 2 is 1.10 bits per heavy atom. The van der Waals surface area contributed by atoms with Crippen LogP contribution in [0.3, 0.4) is 0 Å².